The van der Waals surface area contributed by atoms with E-state index in [1.165, 1.54) is 24.1 Å². The minimum atomic E-state index is 0.774. The van der Waals surface area contributed by atoms with Crippen molar-refractivity contribution in [3.05, 3.63) is 29.8 Å². The standard InChI is InChI=1S/C14H19N3S/c18-14-16-13-4-2-1-3-12(13)10-17(14)9-11-5-7-15-8-6-11/h1-4,11,15H,5-10H2,(H,16,18). The lowest BCUT2D eigenvalue weighted by Crippen LogP contribution is -2.43. The number of para-hydroxylation sites is 1. The van der Waals surface area contributed by atoms with E-state index in [1.807, 2.05) is 0 Å². The van der Waals surface area contributed by atoms with Gasteiger partial charge < -0.3 is 15.5 Å². The molecule has 0 aliphatic carbocycles. The van der Waals surface area contributed by atoms with Crippen LogP contribution in [0.2, 0.25) is 0 Å². The fourth-order valence-electron chi connectivity index (χ4n) is 2.78. The van der Waals surface area contributed by atoms with Crippen molar-refractivity contribution in [1.29, 1.82) is 0 Å². The number of nitrogens with one attached hydrogen (secondary N) is 2. The van der Waals surface area contributed by atoms with Gasteiger partial charge in [-0.2, -0.15) is 0 Å². The van der Waals surface area contributed by atoms with Crippen LogP contribution < -0.4 is 10.6 Å². The molecule has 1 fully saturated rings. The van der Waals surface area contributed by atoms with Crippen molar-refractivity contribution < 1.29 is 0 Å². The highest BCUT2D eigenvalue weighted by Gasteiger charge is 2.23. The highest BCUT2D eigenvalue weighted by molar-refractivity contribution is 7.80. The van der Waals surface area contributed by atoms with E-state index in [1.54, 1.807) is 0 Å². The minimum absolute atomic E-state index is 0.774. The topological polar surface area (TPSA) is 27.3 Å². The van der Waals surface area contributed by atoms with Gasteiger partial charge in [0.15, 0.2) is 5.11 Å². The van der Waals surface area contributed by atoms with E-state index in [4.69, 9.17) is 12.2 Å². The summed E-state index contributed by atoms with van der Waals surface area (Å²) in [5.74, 6) is 0.774. The van der Waals surface area contributed by atoms with Gasteiger partial charge in [0, 0.05) is 18.8 Å². The second-order valence-electron chi connectivity index (χ2n) is 5.16. The molecule has 0 bridgehead atoms. The SMILES string of the molecule is S=C1Nc2ccccc2CN1CC1CCNCC1. The first-order chi connectivity index (χ1) is 8.83. The molecule has 96 valence electrons. The van der Waals surface area contributed by atoms with E-state index < -0.39 is 0 Å². The Balaban J connectivity index is 1.68. The molecule has 18 heavy (non-hydrogen) atoms. The van der Waals surface area contributed by atoms with Gasteiger partial charge in [-0.25, -0.2) is 0 Å². The van der Waals surface area contributed by atoms with Crippen molar-refractivity contribution in [2.75, 3.05) is 25.0 Å². The van der Waals surface area contributed by atoms with E-state index in [-0.39, 0.29) is 0 Å². The molecule has 2 heterocycles. The van der Waals surface area contributed by atoms with Crippen LogP contribution in [0, 0.1) is 5.92 Å². The van der Waals surface area contributed by atoms with Crippen LogP contribution in [0.4, 0.5) is 5.69 Å². The van der Waals surface area contributed by atoms with Crippen LogP contribution in [0.5, 0.6) is 0 Å². The average molecular weight is 261 g/mol. The molecule has 0 amide bonds. The molecule has 0 spiro atoms. The third-order valence-corrected chi connectivity index (χ3v) is 4.20. The molecule has 0 atom stereocenters. The molecule has 0 saturated carbocycles. The van der Waals surface area contributed by atoms with Gasteiger partial charge in [-0.05, 0) is 55.7 Å². The van der Waals surface area contributed by atoms with Gasteiger partial charge in [-0.1, -0.05) is 18.2 Å². The Kier molecular flexibility index (Phi) is 3.48. The number of piperidine rings is 1. The monoisotopic (exact) mass is 261 g/mol. The van der Waals surface area contributed by atoms with Crippen molar-refractivity contribution >= 4 is 23.0 Å². The lowest BCUT2D eigenvalue weighted by molar-refractivity contribution is 0.279. The van der Waals surface area contributed by atoms with Gasteiger partial charge in [-0.15, -0.1) is 0 Å². The Bertz CT molecular complexity index is 440. The molecular weight excluding hydrogens is 242 g/mol. The molecule has 0 unspecified atom stereocenters. The summed E-state index contributed by atoms with van der Waals surface area (Å²) in [4.78, 5) is 2.31. The van der Waals surface area contributed by atoms with E-state index >= 15 is 0 Å². The highest BCUT2D eigenvalue weighted by atomic mass is 32.1. The van der Waals surface area contributed by atoms with Crippen LogP contribution >= 0.6 is 12.2 Å². The molecule has 0 radical (unpaired) electrons. The first kappa shape index (κ1) is 11.9. The molecule has 1 aromatic rings. The van der Waals surface area contributed by atoms with Crippen LogP contribution in [0.15, 0.2) is 24.3 Å². The molecular formula is C14H19N3S. The van der Waals surface area contributed by atoms with Crippen molar-refractivity contribution in [2.45, 2.75) is 19.4 Å². The van der Waals surface area contributed by atoms with Crippen molar-refractivity contribution in [1.82, 2.24) is 10.2 Å². The van der Waals surface area contributed by atoms with Crippen LogP contribution in [-0.2, 0) is 6.54 Å². The summed E-state index contributed by atoms with van der Waals surface area (Å²) in [5, 5.41) is 7.63. The second kappa shape index (κ2) is 5.24. The molecule has 2 aliphatic rings. The number of thiocarbonyl (C=S) groups is 1. The van der Waals surface area contributed by atoms with Gasteiger partial charge in [-0.3, -0.25) is 0 Å². The molecule has 1 aromatic carbocycles. The van der Waals surface area contributed by atoms with E-state index in [9.17, 15) is 0 Å². The largest absolute Gasteiger partial charge is 0.344 e. The molecule has 4 heteroatoms. The predicted molar refractivity (Wildman–Crippen MR) is 78.7 cm³/mol. The van der Waals surface area contributed by atoms with Crippen molar-refractivity contribution in [2.24, 2.45) is 5.92 Å². The zero-order chi connectivity index (χ0) is 12.4. The lowest BCUT2D eigenvalue weighted by atomic mass is 9.97. The molecule has 1 saturated heterocycles. The van der Waals surface area contributed by atoms with Gasteiger partial charge in [0.05, 0.1) is 0 Å². The zero-order valence-electron chi connectivity index (χ0n) is 10.5. The number of benzene rings is 1. The minimum Gasteiger partial charge on any atom is -0.344 e. The Labute approximate surface area is 114 Å². The number of rotatable bonds is 2. The van der Waals surface area contributed by atoms with Gasteiger partial charge in [0.2, 0.25) is 0 Å². The summed E-state index contributed by atoms with van der Waals surface area (Å²) in [7, 11) is 0. The Morgan fingerprint density at radius 2 is 2.00 bits per heavy atom. The first-order valence-electron chi connectivity index (χ1n) is 6.67. The maximum atomic E-state index is 5.47. The van der Waals surface area contributed by atoms with Crippen LogP contribution in [0.1, 0.15) is 18.4 Å². The van der Waals surface area contributed by atoms with E-state index in [0.29, 0.717) is 0 Å². The number of fused-ring (bicyclic) bond motifs is 1. The maximum Gasteiger partial charge on any atom is 0.173 e. The van der Waals surface area contributed by atoms with Gasteiger partial charge in [0.1, 0.15) is 0 Å². The molecule has 2 aliphatic heterocycles. The first-order valence-corrected chi connectivity index (χ1v) is 7.08. The number of hydrogen-bond acceptors (Lipinski definition) is 2. The van der Waals surface area contributed by atoms with E-state index in [2.05, 4.69) is 39.8 Å². The summed E-state index contributed by atoms with van der Waals surface area (Å²) < 4.78 is 0. The Morgan fingerprint density at radius 3 is 2.83 bits per heavy atom. The van der Waals surface area contributed by atoms with Crippen molar-refractivity contribution in [3.63, 3.8) is 0 Å². The summed E-state index contributed by atoms with van der Waals surface area (Å²) >= 11 is 5.47. The van der Waals surface area contributed by atoms with Crippen LogP contribution in [-0.4, -0.2) is 29.6 Å². The van der Waals surface area contributed by atoms with E-state index in [0.717, 1.165) is 37.2 Å². The number of anilines is 1. The highest BCUT2D eigenvalue weighted by Crippen LogP contribution is 2.24. The average Bonchev–Trinajstić information content (AvgIpc) is 2.41. The Hall–Kier alpha value is -1.13. The van der Waals surface area contributed by atoms with Gasteiger partial charge >= 0.3 is 0 Å². The third-order valence-electron chi connectivity index (χ3n) is 3.84. The van der Waals surface area contributed by atoms with Crippen molar-refractivity contribution in [3.8, 4) is 0 Å². The van der Waals surface area contributed by atoms with Crippen LogP contribution in [0.3, 0.4) is 0 Å². The summed E-state index contributed by atoms with van der Waals surface area (Å²) in [6, 6.07) is 8.43. The predicted octanol–water partition coefficient (Wildman–Crippen LogP) is 2.20. The number of nitrogens with zero attached hydrogens (tertiary/aromatic N) is 1. The number of hydrogen-bond donors (Lipinski definition) is 2. The lowest BCUT2D eigenvalue weighted by Gasteiger charge is -2.35. The fourth-order valence-corrected chi connectivity index (χ4v) is 3.02. The molecule has 3 rings (SSSR count). The summed E-state index contributed by atoms with van der Waals surface area (Å²) in [6.07, 6.45) is 2.53. The second-order valence-corrected chi connectivity index (χ2v) is 5.55. The molecule has 3 nitrogen and oxygen atoms in total. The third kappa shape index (κ3) is 2.49. The normalized spacial score (nSPS) is 20.4. The summed E-state index contributed by atoms with van der Waals surface area (Å²) in [5.41, 5.74) is 2.52. The quantitative estimate of drug-likeness (QED) is 0.798. The smallest absolute Gasteiger partial charge is 0.173 e. The molecule has 0 aromatic heterocycles. The zero-order valence-corrected chi connectivity index (χ0v) is 11.3. The maximum absolute atomic E-state index is 5.47. The molecule has 2 N–H and O–H groups in total. The summed E-state index contributed by atoms with van der Waals surface area (Å²) in [6.45, 7) is 4.33. The van der Waals surface area contributed by atoms with Crippen LogP contribution in [0.25, 0.3) is 0 Å². The fraction of sp³-hybridized carbons (Fsp3) is 0.500. The Morgan fingerprint density at radius 1 is 1.22 bits per heavy atom. The van der Waals surface area contributed by atoms with Gasteiger partial charge in [0.25, 0.3) is 0 Å².